The molecule has 0 atom stereocenters. The first kappa shape index (κ1) is 16.7. The number of carbonyl (C=O) groups excluding carboxylic acids is 2. The highest BCUT2D eigenvalue weighted by molar-refractivity contribution is 7.99. The van der Waals surface area contributed by atoms with Crippen LogP contribution in [0.15, 0.2) is 40.3 Å². The summed E-state index contributed by atoms with van der Waals surface area (Å²) in [6, 6.07) is 6.57. The van der Waals surface area contributed by atoms with Gasteiger partial charge in [0, 0.05) is 0 Å². The summed E-state index contributed by atoms with van der Waals surface area (Å²) in [4.78, 5) is 38.5. The van der Waals surface area contributed by atoms with Gasteiger partial charge in [0.2, 0.25) is 5.91 Å². The van der Waals surface area contributed by atoms with Gasteiger partial charge in [-0.1, -0.05) is 23.9 Å². The minimum Gasteiger partial charge on any atom is -0.462 e. The summed E-state index contributed by atoms with van der Waals surface area (Å²) in [6.07, 6.45) is 1.35. The summed E-state index contributed by atoms with van der Waals surface area (Å²) in [7, 11) is 0. The Morgan fingerprint density at radius 2 is 2.13 bits per heavy atom. The Hall–Kier alpha value is -2.68. The number of para-hydroxylation sites is 1. The molecule has 0 fully saturated rings. The fraction of sp³-hybridized carbons (Fsp3) is 0.214. The van der Waals surface area contributed by atoms with E-state index in [0.717, 1.165) is 11.8 Å². The molecule has 2 N–H and O–H groups in total. The first-order valence-electron chi connectivity index (χ1n) is 6.70. The SMILES string of the molecule is CCOC(=O)c1ccccc1NC(=O)CSc1cn[nH]c(=O)n1. The third-order valence-corrected chi connectivity index (χ3v) is 3.49. The molecular formula is C14H14N4O4S. The summed E-state index contributed by atoms with van der Waals surface area (Å²) in [5, 5.41) is 8.71. The third kappa shape index (κ3) is 4.92. The number of nitrogens with zero attached hydrogens (tertiary/aromatic N) is 2. The van der Waals surface area contributed by atoms with Gasteiger partial charge < -0.3 is 10.1 Å². The number of hydrogen-bond donors (Lipinski definition) is 2. The molecule has 1 heterocycles. The molecule has 0 spiro atoms. The van der Waals surface area contributed by atoms with Gasteiger partial charge >= 0.3 is 11.7 Å². The Balaban J connectivity index is 2.00. The zero-order chi connectivity index (χ0) is 16.7. The van der Waals surface area contributed by atoms with Crippen LogP contribution < -0.4 is 11.0 Å². The van der Waals surface area contributed by atoms with Gasteiger partial charge in [0.15, 0.2) is 0 Å². The van der Waals surface area contributed by atoms with Crippen molar-refractivity contribution in [2.24, 2.45) is 0 Å². The highest BCUT2D eigenvalue weighted by atomic mass is 32.2. The van der Waals surface area contributed by atoms with E-state index in [-0.39, 0.29) is 23.8 Å². The molecule has 0 saturated carbocycles. The normalized spacial score (nSPS) is 10.1. The first-order chi connectivity index (χ1) is 11.1. The Morgan fingerprint density at radius 1 is 1.35 bits per heavy atom. The molecule has 9 heteroatoms. The maximum atomic E-state index is 12.0. The highest BCUT2D eigenvalue weighted by Crippen LogP contribution is 2.18. The molecule has 0 radical (unpaired) electrons. The number of benzene rings is 1. The van der Waals surface area contributed by atoms with E-state index in [0.29, 0.717) is 10.7 Å². The number of H-pyrrole nitrogens is 1. The van der Waals surface area contributed by atoms with E-state index in [9.17, 15) is 14.4 Å². The molecule has 0 aliphatic carbocycles. The number of aromatic amines is 1. The van der Waals surface area contributed by atoms with Crippen molar-refractivity contribution in [3.05, 3.63) is 46.5 Å². The van der Waals surface area contributed by atoms with Crippen LogP contribution >= 0.6 is 11.8 Å². The number of rotatable bonds is 6. The van der Waals surface area contributed by atoms with E-state index in [1.807, 2.05) is 0 Å². The van der Waals surface area contributed by atoms with Crippen LogP contribution in [0, 0.1) is 0 Å². The summed E-state index contributed by atoms with van der Waals surface area (Å²) >= 11 is 1.06. The molecule has 120 valence electrons. The van der Waals surface area contributed by atoms with Crippen LogP contribution in [0.1, 0.15) is 17.3 Å². The number of ether oxygens (including phenoxy) is 1. The molecule has 0 aliphatic heterocycles. The number of carbonyl (C=O) groups is 2. The van der Waals surface area contributed by atoms with Gasteiger partial charge in [0.25, 0.3) is 0 Å². The van der Waals surface area contributed by atoms with Crippen LogP contribution in [0.25, 0.3) is 0 Å². The molecule has 23 heavy (non-hydrogen) atoms. The summed E-state index contributed by atoms with van der Waals surface area (Å²) < 4.78 is 4.94. The molecule has 2 rings (SSSR count). The fourth-order valence-corrected chi connectivity index (χ4v) is 2.30. The summed E-state index contributed by atoms with van der Waals surface area (Å²) in [6.45, 7) is 1.95. The van der Waals surface area contributed by atoms with Crippen LogP contribution in [0.4, 0.5) is 5.69 Å². The van der Waals surface area contributed by atoms with Gasteiger partial charge in [-0.3, -0.25) is 4.79 Å². The smallest absolute Gasteiger partial charge is 0.362 e. The molecule has 1 aromatic heterocycles. The second kappa shape index (κ2) is 8.08. The molecule has 0 bridgehead atoms. The Bertz CT molecular complexity index is 762. The predicted molar refractivity (Wildman–Crippen MR) is 84.4 cm³/mol. The monoisotopic (exact) mass is 334 g/mol. The largest absolute Gasteiger partial charge is 0.462 e. The maximum Gasteiger partial charge on any atom is 0.362 e. The predicted octanol–water partition coefficient (Wildman–Crippen LogP) is 1.07. The van der Waals surface area contributed by atoms with Crippen molar-refractivity contribution in [1.82, 2.24) is 15.2 Å². The number of thioether (sulfide) groups is 1. The van der Waals surface area contributed by atoms with Crippen molar-refractivity contribution in [3.63, 3.8) is 0 Å². The van der Waals surface area contributed by atoms with E-state index in [1.165, 1.54) is 6.20 Å². The van der Waals surface area contributed by atoms with Crippen LogP contribution in [0.5, 0.6) is 0 Å². The maximum absolute atomic E-state index is 12.0. The third-order valence-electron chi connectivity index (χ3n) is 2.59. The minimum atomic E-state index is -0.580. The Kier molecular flexibility index (Phi) is 5.87. The lowest BCUT2D eigenvalue weighted by molar-refractivity contribution is -0.113. The number of amides is 1. The molecule has 0 aliphatic rings. The van der Waals surface area contributed by atoms with E-state index in [1.54, 1.807) is 31.2 Å². The molecule has 1 aromatic carbocycles. The van der Waals surface area contributed by atoms with E-state index in [4.69, 9.17) is 4.74 Å². The van der Waals surface area contributed by atoms with Crippen LogP contribution in [0.2, 0.25) is 0 Å². The topological polar surface area (TPSA) is 114 Å². The fourth-order valence-electron chi connectivity index (χ4n) is 1.67. The Labute approximate surface area is 135 Å². The van der Waals surface area contributed by atoms with Gasteiger partial charge in [-0.05, 0) is 19.1 Å². The summed E-state index contributed by atoms with van der Waals surface area (Å²) in [5.41, 5.74) is 0.0697. The van der Waals surface area contributed by atoms with Gasteiger partial charge in [0.05, 0.1) is 29.8 Å². The minimum absolute atomic E-state index is 0.0231. The lowest BCUT2D eigenvalue weighted by Crippen LogP contribution is -2.18. The first-order valence-corrected chi connectivity index (χ1v) is 7.69. The number of nitrogens with one attached hydrogen (secondary N) is 2. The lowest BCUT2D eigenvalue weighted by atomic mass is 10.2. The number of anilines is 1. The average Bonchev–Trinajstić information content (AvgIpc) is 2.54. The van der Waals surface area contributed by atoms with Gasteiger partial charge in [-0.25, -0.2) is 14.7 Å². The average molecular weight is 334 g/mol. The van der Waals surface area contributed by atoms with Crippen molar-refractivity contribution in [2.45, 2.75) is 11.9 Å². The lowest BCUT2D eigenvalue weighted by Gasteiger charge is -2.10. The molecule has 0 unspecified atom stereocenters. The number of aromatic nitrogens is 3. The van der Waals surface area contributed by atoms with E-state index < -0.39 is 11.7 Å². The zero-order valence-electron chi connectivity index (χ0n) is 12.2. The molecule has 1 amide bonds. The summed E-state index contributed by atoms with van der Waals surface area (Å²) in [5.74, 6) is -0.819. The van der Waals surface area contributed by atoms with Crippen molar-refractivity contribution >= 4 is 29.3 Å². The highest BCUT2D eigenvalue weighted by Gasteiger charge is 2.14. The van der Waals surface area contributed by atoms with Crippen molar-refractivity contribution in [2.75, 3.05) is 17.7 Å². The molecule has 2 aromatic rings. The zero-order valence-corrected chi connectivity index (χ0v) is 13.1. The quantitative estimate of drug-likeness (QED) is 0.600. The standard InChI is InChI=1S/C14H14N4O4S/c1-2-22-13(20)9-5-3-4-6-10(9)16-11(19)8-23-12-7-15-18-14(21)17-12/h3-7H,2,8H2,1H3,(H,16,19)(H,17,18,21). The second-order valence-corrected chi connectivity index (χ2v) is 5.22. The van der Waals surface area contributed by atoms with Crippen LogP contribution in [0.3, 0.4) is 0 Å². The van der Waals surface area contributed by atoms with Crippen molar-refractivity contribution in [3.8, 4) is 0 Å². The molecular weight excluding hydrogens is 320 g/mol. The Morgan fingerprint density at radius 3 is 2.87 bits per heavy atom. The van der Waals surface area contributed by atoms with Gasteiger partial charge in [-0.2, -0.15) is 10.1 Å². The van der Waals surface area contributed by atoms with E-state index in [2.05, 4.69) is 20.5 Å². The van der Waals surface area contributed by atoms with Gasteiger partial charge in [0.1, 0.15) is 5.03 Å². The van der Waals surface area contributed by atoms with Crippen molar-refractivity contribution < 1.29 is 14.3 Å². The molecule has 0 saturated heterocycles. The molecule has 8 nitrogen and oxygen atoms in total. The van der Waals surface area contributed by atoms with Gasteiger partial charge in [-0.15, -0.1) is 0 Å². The number of hydrogen-bond acceptors (Lipinski definition) is 7. The van der Waals surface area contributed by atoms with Crippen LogP contribution in [-0.2, 0) is 9.53 Å². The second-order valence-electron chi connectivity index (χ2n) is 4.23. The van der Waals surface area contributed by atoms with Crippen molar-refractivity contribution in [1.29, 1.82) is 0 Å². The van der Waals surface area contributed by atoms with E-state index >= 15 is 0 Å². The van der Waals surface area contributed by atoms with Crippen LogP contribution in [-0.4, -0.2) is 39.4 Å². The number of esters is 1.